The Bertz CT molecular complexity index is 277. The van der Waals surface area contributed by atoms with E-state index in [1.54, 1.807) is 10.4 Å². The highest BCUT2D eigenvalue weighted by Gasteiger charge is 2.18. The van der Waals surface area contributed by atoms with Gasteiger partial charge in [-0.2, -0.15) is 0 Å². The van der Waals surface area contributed by atoms with Crippen molar-refractivity contribution in [3.8, 4) is 0 Å². The van der Waals surface area contributed by atoms with E-state index in [1.807, 2.05) is 11.3 Å². The van der Waals surface area contributed by atoms with Crippen LogP contribution in [0.4, 0.5) is 0 Å². The lowest BCUT2D eigenvalue weighted by molar-refractivity contribution is 0.506. The van der Waals surface area contributed by atoms with Gasteiger partial charge in [-0.1, -0.05) is 6.92 Å². The average Bonchev–Trinajstić information content (AvgIpc) is 2.46. The Balaban J connectivity index is 2.32. The highest BCUT2D eigenvalue weighted by atomic mass is 32.1. The van der Waals surface area contributed by atoms with Crippen molar-refractivity contribution in [2.75, 3.05) is 0 Å². The van der Waals surface area contributed by atoms with Crippen molar-refractivity contribution in [3.63, 3.8) is 0 Å². The van der Waals surface area contributed by atoms with Gasteiger partial charge in [-0.15, -0.1) is 11.3 Å². The van der Waals surface area contributed by atoms with Gasteiger partial charge < -0.3 is 5.73 Å². The molecule has 1 nitrogen and oxygen atoms in total. The molecule has 12 heavy (non-hydrogen) atoms. The average molecular weight is 181 g/mol. The molecule has 1 aliphatic rings. The Morgan fingerprint density at radius 1 is 1.67 bits per heavy atom. The van der Waals surface area contributed by atoms with Crippen LogP contribution in [0.5, 0.6) is 0 Å². The maximum Gasteiger partial charge on any atom is 0.0189 e. The molecule has 1 heterocycles. The van der Waals surface area contributed by atoms with E-state index in [4.69, 9.17) is 5.73 Å². The lowest BCUT2D eigenvalue weighted by Gasteiger charge is -2.18. The van der Waals surface area contributed by atoms with Crippen molar-refractivity contribution in [3.05, 3.63) is 21.4 Å². The molecule has 2 N–H and O–H groups in total. The molecule has 0 aliphatic heterocycles. The van der Waals surface area contributed by atoms with Gasteiger partial charge in [0, 0.05) is 11.4 Å². The Labute approximate surface area is 77.6 Å². The zero-order valence-corrected chi connectivity index (χ0v) is 8.29. The molecule has 0 aromatic carbocycles. The van der Waals surface area contributed by atoms with Gasteiger partial charge in [-0.3, -0.25) is 0 Å². The molecule has 1 aliphatic carbocycles. The first-order valence-electron chi connectivity index (χ1n) is 4.59. The highest BCUT2D eigenvalue weighted by molar-refractivity contribution is 7.10. The molecule has 0 amide bonds. The second-order valence-corrected chi connectivity index (χ2v) is 4.68. The summed E-state index contributed by atoms with van der Waals surface area (Å²) in [6, 6.07) is 0. The monoisotopic (exact) mass is 181 g/mol. The fourth-order valence-corrected chi connectivity index (χ4v) is 3.19. The summed E-state index contributed by atoms with van der Waals surface area (Å²) >= 11 is 1.90. The molecule has 0 bridgehead atoms. The standard InChI is InChI=1S/C10H15NS/c1-7-2-3-9-8(5-11)6-12-10(9)4-7/h6-7H,2-5,11H2,1H3/t7-/m0/s1. The first kappa shape index (κ1) is 8.27. The van der Waals surface area contributed by atoms with E-state index in [9.17, 15) is 0 Å². The molecule has 0 unspecified atom stereocenters. The molecular weight excluding hydrogens is 166 g/mol. The molecule has 2 rings (SSSR count). The van der Waals surface area contributed by atoms with E-state index in [1.165, 1.54) is 24.8 Å². The molecule has 0 spiro atoms. The van der Waals surface area contributed by atoms with E-state index in [0.29, 0.717) is 0 Å². The Morgan fingerprint density at radius 3 is 3.25 bits per heavy atom. The van der Waals surface area contributed by atoms with Crippen LogP contribution in [0.1, 0.15) is 29.3 Å². The van der Waals surface area contributed by atoms with Gasteiger partial charge in [-0.25, -0.2) is 0 Å². The van der Waals surface area contributed by atoms with Gasteiger partial charge in [0.05, 0.1) is 0 Å². The predicted octanol–water partition coefficient (Wildman–Crippen LogP) is 2.33. The Kier molecular flexibility index (Phi) is 2.20. The number of thiophene rings is 1. The Morgan fingerprint density at radius 2 is 2.50 bits per heavy atom. The van der Waals surface area contributed by atoms with Crippen molar-refractivity contribution in [1.82, 2.24) is 0 Å². The fraction of sp³-hybridized carbons (Fsp3) is 0.600. The van der Waals surface area contributed by atoms with E-state index in [-0.39, 0.29) is 0 Å². The van der Waals surface area contributed by atoms with Gasteiger partial charge in [0.1, 0.15) is 0 Å². The third-order valence-corrected chi connectivity index (χ3v) is 3.81. The largest absolute Gasteiger partial charge is 0.326 e. The smallest absolute Gasteiger partial charge is 0.0189 e. The minimum atomic E-state index is 0.722. The summed E-state index contributed by atoms with van der Waals surface area (Å²) in [5, 5.41) is 2.24. The number of rotatable bonds is 1. The molecule has 1 aromatic heterocycles. The normalized spacial score (nSPS) is 22.3. The number of fused-ring (bicyclic) bond motifs is 1. The second kappa shape index (κ2) is 3.19. The van der Waals surface area contributed by atoms with Crippen molar-refractivity contribution in [2.45, 2.75) is 32.7 Å². The van der Waals surface area contributed by atoms with Crippen LogP contribution in [0.15, 0.2) is 5.38 Å². The maximum atomic E-state index is 5.66. The van der Waals surface area contributed by atoms with Crippen LogP contribution >= 0.6 is 11.3 Å². The number of hydrogen-bond acceptors (Lipinski definition) is 2. The lowest BCUT2D eigenvalue weighted by Crippen LogP contribution is -2.11. The summed E-state index contributed by atoms with van der Waals surface area (Å²) in [6.45, 7) is 3.06. The summed E-state index contributed by atoms with van der Waals surface area (Å²) in [6.07, 6.45) is 3.88. The van der Waals surface area contributed by atoms with E-state index in [0.717, 1.165) is 12.5 Å². The molecule has 0 saturated heterocycles. The van der Waals surface area contributed by atoms with Gasteiger partial charge in [0.15, 0.2) is 0 Å². The van der Waals surface area contributed by atoms with Crippen molar-refractivity contribution >= 4 is 11.3 Å². The summed E-state index contributed by atoms with van der Waals surface area (Å²) < 4.78 is 0. The molecule has 0 radical (unpaired) electrons. The maximum absolute atomic E-state index is 5.66. The van der Waals surface area contributed by atoms with Crippen LogP contribution in [0.25, 0.3) is 0 Å². The van der Waals surface area contributed by atoms with Crippen LogP contribution in [0.2, 0.25) is 0 Å². The van der Waals surface area contributed by atoms with Crippen LogP contribution in [0, 0.1) is 5.92 Å². The zero-order chi connectivity index (χ0) is 8.55. The minimum Gasteiger partial charge on any atom is -0.326 e. The van der Waals surface area contributed by atoms with Crippen molar-refractivity contribution < 1.29 is 0 Å². The van der Waals surface area contributed by atoms with Gasteiger partial charge in [0.25, 0.3) is 0 Å². The highest BCUT2D eigenvalue weighted by Crippen LogP contribution is 2.32. The molecule has 2 heteroatoms. The summed E-state index contributed by atoms with van der Waals surface area (Å²) in [4.78, 5) is 1.59. The molecule has 0 fully saturated rings. The van der Waals surface area contributed by atoms with Crippen LogP contribution in [0.3, 0.4) is 0 Å². The molecule has 1 atom stereocenters. The van der Waals surface area contributed by atoms with Crippen LogP contribution < -0.4 is 5.73 Å². The summed E-state index contributed by atoms with van der Waals surface area (Å²) in [7, 11) is 0. The third kappa shape index (κ3) is 1.29. The summed E-state index contributed by atoms with van der Waals surface area (Å²) in [5.41, 5.74) is 8.62. The van der Waals surface area contributed by atoms with E-state index < -0.39 is 0 Å². The van der Waals surface area contributed by atoms with Crippen LogP contribution in [-0.2, 0) is 19.4 Å². The lowest BCUT2D eigenvalue weighted by atomic mass is 9.89. The Hall–Kier alpha value is -0.340. The zero-order valence-electron chi connectivity index (χ0n) is 7.47. The summed E-state index contributed by atoms with van der Waals surface area (Å²) in [5.74, 6) is 0.877. The fourth-order valence-electron chi connectivity index (χ4n) is 1.92. The van der Waals surface area contributed by atoms with E-state index >= 15 is 0 Å². The van der Waals surface area contributed by atoms with Gasteiger partial charge in [-0.05, 0) is 41.7 Å². The molecule has 0 saturated carbocycles. The first-order chi connectivity index (χ1) is 5.81. The van der Waals surface area contributed by atoms with Crippen LogP contribution in [-0.4, -0.2) is 0 Å². The predicted molar refractivity (Wildman–Crippen MR) is 53.4 cm³/mol. The molecular formula is C10H15NS. The third-order valence-electron chi connectivity index (χ3n) is 2.71. The minimum absolute atomic E-state index is 0.722. The van der Waals surface area contributed by atoms with Crippen molar-refractivity contribution in [2.24, 2.45) is 11.7 Å². The van der Waals surface area contributed by atoms with Gasteiger partial charge >= 0.3 is 0 Å². The molecule has 66 valence electrons. The second-order valence-electron chi connectivity index (χ2n) is 3.71. The van der Waals surface area contributed by atoms with Gasteiger partial charge in [0.2, 0.25) is 0 Å². The SMILES string of the molecule is C[C@H]1CCc2c(CN)csc2C1. The topological polar surface area (TPSA) is 26.0 Å². The molecule has 1 aromatic rings. The van der Waals surface area contributed by atoms with Crippen molar-refractivity contribution in [1.29, 1.82) is 0 Å². The number of nitrogens with two attached hydrogens (primary N) is 1. The number of hydrogen-bond donors (Lipinski definition) is 1. The quantitative estimate of drug-likeness (QED) is 0.707. The first-order valence-corrected chi connectivity index (χ1v) is 5.47. The van der Waals surface area contributed by atoms with E-state index in [2.05, 4.69) is 12.3 Å².